The molecule has 1 aromatic carbocycles. The van der Waals surface area contributed by atoms with Crippen LogP contribution in [0, 0.1) is 0 Å². The number of methoxy groups -OCH3 is 1. The SMILES string of the molecule is CCNC(=O)CN1CCCN(C(=O)c2nn(-c3cccc(C(F)(F)F)c3)cc2OC)CC1. The molecule has 1 aliphatic rings. The molecule has 0 saturated carbocycles. The Morgan fingerprint density at radius 3 is 2.66 bits per heavy atom. The number of benzene rings is 1. The number of likely N-dealkylation sites (N-methyl/N-ethyl adjacent to an activating group) is 1. The van der Waals surface area contributed by atoms with E-state index in [1.54, 1.807) is 4.90 Å². The van der Waals surface area contributed by atoms with Gasteiger partial charge < -0.3 is 15.0 Å². The lowest BCUT2D eigenvalue weighted by Crippen LogP contribution is -2.40. The zero-order valence-electron chi connectivity index (χ0n) is 18.0. The Kier molecular flexibility index (Phi) is 7.39. The van der Waals surface area contributed by atoms with Gasteiger partial charge in [0.2, 0.25) is 5.91 Å². The third-order valence-corrected chi connectivity index (χ3v) is 5.16. The van der Waals surface area contributed by atoms with Gasteiger partial charge in [0.25, 0.3) is 5.91 Å². The van der Waals surface area contributed by atoms with Crippen LogP contribution in [0.25, 0.3) is 5.69 Å². The first-order valence-corrected chi connectivity index (χ1v) is 10.3. The van der Waals surface area contributed by atoms with Crippen molar-refractivity contribution in [3.63, 3.8) is 0 Å². The summed E-state index contributed by atoms with van der Waals surface area (Å²) in [7, 11) is 1.38. The molecule has 0 aliphatic carbocycles. The summed E-state index contributed by atoms with van der Waals surface area (Å²) in [6.07, 6.45) is -2.42. The maximum atomic E-state index is 13.1. The van der Waals surface area contributed by atoms with Gasteiger partial charge in [0.1, 0.15) is 0 Å². The van der Waals surface area contributed by atoms with Crippen molar-refractivity contribution in [1.29, 1.82) is 0 Å². The van der Waals surface area contributed by atoms with E-state index >= 15 is 0 Å². The van der Waals surface area contributed by atoms with Gasteiger partial charge in [-0.15, -0.1) is 0 Å². The molecule has 2 amide bonds. The van der Waals surface area contributed by atoms with E-state index in [0.717, 1.165) is 12.1 Å². The van der Waals surface area contributed by atoms with Gasteiger partial charge in [0, 0.05) is 32.7 Å². The summed E-state index contributed by atoms with van der Waals surface area (Å²) < 4.78 is 45.6. The topological polar surface area (TPSA) is 79.7 Å². The molecule has 32 heavy (non-hydrogen) atoms. The van der Waals surface area contributed by atoms with Gasteiger partial charge in [-0.25, -0.2) is 4.68 Å². The fourth-order valence-electron chi connectivity index (χ4n) is 3.55. The monoisotopic (exact) mass is 453 g/mol. The minimum absolute atomic E-state index is 0.0297. The van der Waals surface area contributed by atoms with E-state index in [1.165, 1.54) is 30.1 Å². The van der Waals surface area contributed by atoms with E-state index in [9.17, 15) is 22.8 Å². The lowest BCUT2D eigenvalue weighted by atomic mass is 10.2. The molecule has 1 N–H and O–H groups in total. The molecule has 0 atom stereocenters. The molecule has 8 nitrogen and oxygen atoms in total. The first-order valence-electron chi connectivity index (χ1n) is 10.3. The van der Waals surface area contributed by atoms with Gasteiger partial charge in [0.05, 0.1) is 31.1 Å². The molecule has 1 aliphatic heterocycles. The highest BCUT2D eigenvalue weighted by molar-refractivity contribution is 5.95. The van der Waals surface area contributed by atoms with E-state index in [2.05, 4.69) is 10.4 Å². The van der Waals surface area contributed by atoms with E-state index < -0.39 is 11.7 Å². The lowest BCUT2D eigenvalue weighted by Gasteiger charge is -2.21. The zero-order valence-corrected chi connectivity index (χ0v) is 18.0. The van der Waals surface area contributed by atoms with Crippen molar-refractivity contribution >= 4 is 11.8 Å². The first kappa shape index (κ1) is 23.6. The Morgan fingerprint density at radius 2 is 1.97 bits per heavy atom. The van der Waals surface area contributed by atoms with Crippen LogP contribution < -0.4 is 10.1 Å². The third kappa shape index (κ3) is 5.58. The number of aromatic nitrogens is 2. The third-order valence-electron chi connectivity index (χ3n) is 5.16. The van der Waals surface area contributed by atoms with Gasteiger partial charge >= 0.3 is 6.18 Å². The molecule has 2 aromatic rings. The van der Waals surface area contributed by atoms with Crippen LogP contribution in [0.15, 0.2) is 30.5 Å². The molecule has 174 valence electrons. The summed E-state index contributed by atoms with van der Waals surface area (Å²) in [6.45, 7) is 4.76. The van der Waals surface area contributed by atoms with Gasteiger partial charge in [-0.05, 0) is 31.5 Å². The number of hydrogen-bond donors (Lipinski definition) is 1. The standard InChI is InChI=1S/C21H26F3N5O3/c1-3-25-18(30)14-27-8-5-9-28(11-10-27)20(31)19-17(32-2)13-29(26-19)16-7-4-6-15(12-16)21(22,23)24/h4,6-7,12-13H,3,5,8-11,14H2,1-2H3,(H,25,30). The van der Waals surface area contributed by atoms with Crippen molar-refractivity contribution in [2.75, 3.05) is 46.4 Å². The number of rotatable bonds is 6. The second kappa shape index (κ2) is 10.0. The number of nitrogens with zero attached hydrogens (tertiary/aromatic N) is 4. The Hall–Kier alpha value is -3.08. The predicted molar refractivity (Wildman–Crippen MR) is 111 cm³/mol. The zero-order chi connectivity index (χ0) is 23.3. The summed E-state index contributed by atoms with van der Waals surface area (Å²) in [6, 6.07) is 4.69. The smallest absolute Gasteiger partial charge is 0.416 e. The molecule has 3 rings (SSSR count). The average molecular weight is 453 g/mol. The van der Waals surface area contributed by atoms with Gasteiger partial charge in [-0.2, -0.15) is 18.3 Å². The quantitative estimate of drug-likeness (QED) is 0.726. The van der Waals surface area contributed by atoms with Crippen LogP contribution in [0.2, 0.25) is 0 Å². The van der Waals surface area contributed by atoms with Crippen molar-refractivity contribution < 1.29 is 27.5 Å². The summed E-state index contributed by atoms with van der Waals surface area (Å²) >= 11 is 0. The molecular formula is C21H26F3N5O3. The highest BCUT2D eigenvalue weighted by Crippen LogP contribution is 2.31. The van der Waals surface area contributed by atoms with Gasteiger partial charge in [-0.1, -0.05) is 6.07 Å². The fraction of sp³-hybridized carbons (Fsp3) is 0.476. The minimum atomic E-state index is -4.49. The average Bonchev–Trinajstić information content (AvgIpc) is 3.06. The summed E-state index contributed by atoms with van der Waals surface area (Å²) in [4.78, 5) is 28.6. The number of alkyl halides is 3. The second-order valence-electron chi connectivity index (χ2n) is 7.41. The van der Waals surface area contributed by atoms with Gasteiger partial charge in [-0.3, -0.25) is 14.5 Å². The van der Waals surface area contributed by atoms with E-state index in [-0.39, 0.29) is 35.5 Å². The highest BCUT2D eigenvalue weighted by atomic mass is 19.4. The molecule has 2 heterocycles. The maximum Gasteiger partial charge on any atom is 0.416 e. The van der Waals surface area contributed by atoms with Crippen LogP contribution in [0.5, 0.6) is 5.75 Å². The van der Waals surface area contributed by atoms with Gasteiger partial charge in [0.15, 0.2) is 11.4 Å². The molecule has 0 radical (unpaired) electrons. The number of ether oxygens (including phenoxy) is 1. The molecule has 1 saturated heterocycles. The second-order valence-corrected chi connectivity index (χ2v) is 7.41. The summed E-state index contributed by atoms with van der Waals surface area (Å²) in [5.41, 5.74) is -0.611. The normalized spacial score (nSPS) is 15.3. The molecule has 11 heteroatoms. The van der Waals surface area contributed by atoms with Crippen LogP contribution in [-0.2, 0) is 11.0 Å². The summed E-state index contributed by atoms with van der Waals surface area (Å²) in [5.74, 6) is -0.253. The van der Waals surface area contributed by atoms with Crippen molar-refractivity contribution in [3.05, 3.63) is 41.7 Å². The van der Waals surface area contributed by atoms with Crippen LogP contribution in [-0.4, -0.2) is 77.8 Å². The Bertz CT molecular complexity index is 960. The number of nitrogens with one attached hydrogen (secondary N) is 1. The largest absolute Gasteiger partial charge is 0.493 e. The Balaban J connectivity index is 1.76. The molecule has 0 spiro atoms. The number of halogens is 3. The number of carbonyl (C=O) groups is 2. The van der Waals surface area contributed by atoms with E-state index in [1.807, 2.05) is 11.8 Å². The molecular weight excluding hydrogens is 427 g/mol. The van der Waals surface area contributed by atoms with E-state index in [0.29, 0.717) is 39.1 Å². The van der Waals surface area contributed by atoms with Crippen LogP contribution in [0.3, 0.4) is 0 Å². The van der Waals surface area contributed by atoms with Crippen molar-refractivity contribution in [1.82, 2.24) is 24.9 Å². The van der Waals surface area contributed by atoms with Crippen molar-refractivity contribution in [2.24, 2.45) is 0 Å². The number of hydrogen-bond acceptors (Lipinski definition) is 5. The highest BCUT2D eigenvalue weighted by Gasteiger charge is 2.31. The molecule has 0 unspecified atom stereocenters. The van der Waals surface area contributed by atoms with Crippen LogP contribution >= 0.6 is 0 Å². The van der Waals surface area contributed by atoms with Crippen LogP contribution in [0.4, 0.5) is 13.2 Å². The first-order chi connectivity index (χ1) is 15.2. The number of carbonyl (C=O) groups excluding carboxylic acids is 2. The summed E-state index contributed by atoms with van der Waals surface area (Å²) in [5, 5.41) is 6.99. The maximum absolute atomic E-state index is 13.1. The number of amides is 2. The molecule has 1 aromatic heterocycles. The Labute approximate surface area is 183 Å². The lowest BCUT2D eigenvalue weighted by molar-refractivity contribution is -0.137. The molecule has 0 bridgehead atoms. The van der Waals surface area contributed by atoms with Crippen molar-refractivity contribution in [2.45, 2.75) is 19.5 Å². The van der Waals surface area contributed by atoms with Crippen LogP contribution in [0.1, 0.15) is 29.4 Å². The molecule has 1 fully saturated rings. The predicted octanol–water partition coefficient (Wildman–Crippen LogP) is 2.18. The Morgan fingerprint density at radius 1 is 1.19 bits per heavy atom. The minimum Gasteiger partial charge on any atom is -0.493 e. The van der Waals surface area contributed by atoms with Crippen molar-refractivity contribution in [3.8, 4) is 11.4 Å². The fourth-order valence-corrected chi connectivity index (χ4v) is 3.55. The van der Waals surface area contributed by atoms with E-state index in [4.69, 9.17) is 4.74 Å².